The largest absolute Gasteiger partial charge is 0.478 e. The van der Waals surface area contributed by atoms with Gasteiger partial charge in [-0.25, -0.2) is 4.79 Å². The van der Waals surface area contributed by atoms with Crippen molar-refractivity contribution >= 4 is 63.8 Å². The lowest BCUT2D eigenvalue weighted by Gasteiger charge is -2.26. The van der Waals surface area contributed by atoms with Gasteiger partial charge in [-0.3, -0.25) is 9.78 Å². The van der Waals surface area contributed by atoms with Gasteiger partial charge in [-0.05, 0) is 72.9 Å². The molecule has 2 aromatic carbocycles. The van der Waals surface area contributed by atoms with Crippen molar-refractivity contribution in [2.75, 3.05) is 23.9 Å². The van der Waals surface area contributed by atoms with Gasteiger partial charge in [-0.15, -0.1) is 0 Å². The molecule has 3 heterocycles. The second-order valence-corrected chi connectivity index (χ2v) is 10.0. The van der Waals surface area contributed by atoms with Gasteiger partial charge in [0.1, 0.15) is 24.2 Å². The number of furan rings is 1. The normalized spacial score (nSPS) is 16.6. The molecule has 1 aliphatic heterocycles. The Morgan fingerprint density at radius 1 is 1.12 bits per heavy atom. The summed E-state index contributed by atoms with van der Waals surface area (Å²) in [6.45, 7) is -0.105. The van der Waals surface area contributed by atoms with Gasteiger partial charge in [0.25, 0.3) is 0 Å². The molecule has 1 aliphatic rings. The van der Waals surface area contributed by atoms with Crippen molar-refractivity contribution in [3.63, 3.8) is 0 Å². The number of nitrogens with one attached hydrogen (secondary N) is 2. The van der Waals surface area contributed by atoms with E-state index in [1.807, 2.05) is 23.1 Å². The van der Waals surface area contributed by atoms with Crippen molar-refractivity contribution < 1.29 is 23.8 Å². The molecule has 0 aliphatic carbocycles. The van der Waals surface area contributed by atoms with Gasteiger partial charge in [0.2, 0.25) is 5.91 Å². The van der Waals surface area contributed by atoms with E-state index in [9.17, 15) is 14.7 Å². The van der Waals surface area contributed by atoms with Crippen LogP contribution in [0, 0.1) is 0 Å². The average Bonchev–Trinajstić information content (AvgIpc) is 3.55. The van der Waals surface area contributed by atoms with E-state index in [4.69, 9.17) is 44.6 Å². The molecule has 1 fully saturated rings. The molecule has 12 heteroatoms. The van der Waals surface area contributed by atoms with Crippen molar-refractivity contribution in [2.24, 2.45) is 0 Å². The number of methoxy groups -OCH3 is 1. The maximum Gasteiger partial charge on any atom is 0.335 e. The van der Waals surface area contributed by atoms with Crippen LogP contribution >= 0.6 is 35.4 Å². The molecule has 4 aromatic rings. The lowest BCUT2D eigenvalue weighted by atomic mass is 10.0. The van der Waals surface area contributed by atoms with Crippen LogP contribution in [0.2, 0.25) is 10.0 Å². The Kier molecular flexibility index (Phi) is 8.04. The summed E-state index contributed by atoms with van der Waals surface area (Å²) in [5.74, 6) is -0.481. The standard InChI is InChI=1S/C28H22Cl2N4O5S/c1-38-14-24(35)32-20-8-6-16(13-19(20)30)34-26(25(33-28(34)40)21-4-2-3-11-31-21)23-10-9-22(39-23)17-12-15(27(36)37)5-7-18(17)29/h2-13,25-26H,14H2,1H3,(H,32,35)(H,33,40)(H,36,37). The number of carboxylic acids is 1. The Bertz CT molecular complexity index is 1600. The minimum atomic E-state index is -1.07. The van der Waals surface area contributed by atoms with Crippen LogP contribution in [0.5, 0.6) is 0 Å². The predicted octanol–water partition coefficient (Wildman–Crippen LogP) is 6.11. The fourth-order valence-electron chi connectivity index (χ4n) is 4.50. The van der Waals surface area contributed by atoms with Crippen molar-refractivity contribution in [3.05, 3.63) is 100.0 Å². The van der Waals surface area contributed by atoms with E-state index >= 15 is 0 Å². The summed E-state index contributed by atoms with van der Waals surface area (Å²) in [4.78, 5) is 29.9. The molecule has 2 atom stereocenters. The SMILES string of the molecule is COCC(=O)Nc1ccc(N2C(=S)NC(c3ccccn3)C2c2ccc(-c3cc(C(=O)O)ccc3Cl)o2)cc1Cl. The van der Waals surface area contributed by atoms with E-state index in [0.29, 0.717) is 43.6 Å². The zero-order chi connectivity index (χ0) is 28.4. The van der Waals surface area contributed by atoms with Gasteiger partial charge in [0.15, 0.2) is 5.11 Å². The number of anilines is 2. The number of carbonyl (C=O) groups is 2. The lowest BCUT2D eigenvalue weighted by molar-refractivity contribution is -0.119. The number of hydrogen-bond donors (Lipinski definition) is 3. The first-order valence-corrected chi connectivity index (χ1v) is 13.1. The fourth-order valence-corrected chi connectivity index (χ4v) is 5.28. The number of hydrogen-bond acceptors (Lipinski definition) is 6. The molecule has 2 unspecified atom stereocenters. The van der Waals surface area contributed by atoms with Gasteiger partial charge < -0.3 is 29.8 Å². The van der Waals surface area contributed by atoms with Gasteiger partial charge in [0.05, 0.1) is 33.0 Å². The first-order valence-electron chi connectivity index (χ1n) is 12.0. The van der Waals surface area contributed by atoms with Crippen LogP contribution in [0.3, 0.4) is 0 Å². The molecule has 1 saturated heterocycles. The molecular formula is C28H22Cl2N4O5S. The summed E-state index contributed by atoms with van der Waals surface area (Å²) >= 11 is 18.7. The molecule has 204 valence electrons. The molecule has 40 heavy (non-hydrogen) atoms. The summed E-state index contributed by atoms with van der Waals surface area (Å²) in [6, 6.07) is 17.8. The highest BCUT2D eigenvalue weighted by Crippen LogP contribution is 2.44. The Morgan fingerprint density at radius 2 is 1.95 bits per heavy atom. The van der Waals surface area contributed by atoms with E-state index in [-0.39, 0.29) is 18.1 Å². The lowest BCUT2D eigenvalue weighted by Crippen LogP contribution is -2.29. The maximum atomic E-state index is 12.0. The number of thiocarbonyl (C=S) groups is 1. The van der Waals surface area contributed by atoms with Crippen molar-refractivity contribution in [1.29, 1.82) is 0 Å². The zero-order valence-electron chi connectivity index (χ0n) is 20.9. The topological polar surface area (TPSA) is 117 Å². The number of aromatic carboxylic acids is 1. The second kappa shape index (κ2) is 11.6. The highest BCUT2D eigenvalue weighted by molar-refractivity contribution is 7.80. The summed E-state index contributed by atoms with van der Waals surface area (Å²) < 4.78 is 11.2. The fraction of sp³-hybridized carbons (Fsp3) is 0.143. The number of halogens is 2. The molecular weight excluding hydrogens is 575 g/mol. The van der Waals surface area contributed by atoms with Crippen molar-refractivity contribution in [2.45, 2.75) is 12.1 Å². The van der Waals surface area contributed by atoms with Crippen LogP contribution < -0.4 is 15.5 Å². The van der Waals surface area contributed by atoms with Crippen LogP contribution in [0.25, 0.3) is 11.3 Å². The molecule has 0 spiro atoms. The number of carboxylic acid groups (broad SMARTS) is 1. The monoisotopic (exact) mass is 596 g/mol. The van der Waals surface area contributed by atoms with Crippen LogP contribution in [-0.4, -0.2) is 40.8 Å². The van der Waals surface area contributed by atoms with Crippen molar-refractivity contribution in [3.8, 4) is 11.3 Å². The van der Waals surface area contributed by atoms with Crippen LogP contribution in [-0.2, 0) is 9.53 Å². The molecule has 0 saturated carbocycles. The van der Waals surface area contributed by atoms with E-state index in [0.717, 1.165) is 5.69 Å². The van der Waals surface area contributed by atoms with Gasteiger partial charge in [-0.2, -0.15) is 0 Å². The molecule has 9 nitrogen and oxygen atoms in total. The molecule has 1 amide bonds. The summed E-state index contributed by atoms with van der Waals surface area (Å²) in [5, 5.41) is 16.6. The number of pyridine rings is 1. The Hall–Kier alpha value is -3.96. The average molecular weight is 597 g/mol. The number of carbonyl (C=O) groups excluding carboxylic acids is 1. The third-order valence-electron chi connectivity index (χ3n) is 6.28. The quantitative estimate of drug-likeness (QED) is 0.207. The van der Waals surface area contributed by atoms with E-state index in [2.05, 4.69) is 15.6 Å². The number of rotatable bonds is 8. The molecule has 3 N–H and O–H groups in total. The van der Waals surface area contributed by atoms with E-state index in [1.54, 1.807) is 36.5 Å². The molecule has 2 aromatic heterocycles. The van der Waals surface area contributed by atoms with Crippen LogP contribution in [0.15, 0.2) is 77.3 Å². The maximum absolute atomic E-state index is 12.0. The minimum absolute atomic E-state index is 0.0846. The number of ether oxygens (including phenoxy) is 1. The molecule has 0 radical (unpaired) electrons. The second-order valence-electron chi connectivity index (χ2n) is 8.84. The van der Waals surface area contributed by atoms with Crippen molar-refractivity contribution in [1.82, 2.24) is 10.3 Å². The highest BCUT2D eigenvalue weighted by Gasteiger charge is 2.42. The third-order valence-corrected chi connectivity index (χ3v) is 7.23. The predicted molar refractivity (Wildman–Crippen MR) is 156 cm³/mol. The zero-order valence-corrected chi connectivity index (χ0v) is 23.3. The van der Waals surface area contributed by atoms with Gasteiger partial charge in [-0.1, -0.05) is 29.3 Å². The number of nitrogens with zero attached hydrogens (tertiary/aromatic N) is 2. The van der Waals surface area contributed by atoms with Gasteiger partial charge >= 0.3 is 5.97 Å². The highest BCUT2D eigenvalue weighted by atomic mass is 35.5. The summed E-state index contributed by atoms with van der Waals surface area (Å²) in [6.07, 6.45) is 1.69. The smallest absolute Gasteiger partial charge is 0.335 e. The van der Waals surface area contributed by atoms with E-state index in [1.165, 1.54) is 25.3 Å². The number of benzene rings is 2. The Morgan fingerprint density at radius 3 is 2.65 bits per heavy atom. The Balaban J connectivity index is 1.56. The molecule has 0 bridgehead atoms. The summed E-state index contributed by atoms with van der Waals surface area (Å²) in [5.41, 5.74) is 2.34. The molecule has 5 rings (SSSR count). The first-order chi connectivity index (χ1) is 19.3. The van der Waals surface area contributed by atoms with Gasteiger partial charge in [0, 0.05) is 24.6 Å². The van der Waals surface area contributed by atoms with E-state index < -0.39 is 18.1 Å². The first kappa shape index (κ1) is 27.6. The number of aromatic nitrogens is 1. The number of amides is 1. The van der Waals surface area contributed by atoms with Crippen LogP contribution in [0.4, 0.5) is 11.4 Å². The van der Waals surface area contributed by atoms with Crippen LogP contribution in [0.1, 0.15) is 33.9 Å². The summed E-state index contributed by atoms with van der Waals surface area (Å²) in [7, 11) is 1.43. The third kappa shape index (κ3) is 5.52. The Labute approximate surface area is 244 Å². The minimum Gasteiger partial charge on any atom is -0.478 e.